The lowest BCUT2D eigenvalue weighted by Crippen LogP contribution is -2.29. The zero-order valence-corrected chi connectivity index (χ0v) is 14.3. The average Bonchev–Trinajstić information content (AvgIpc) is 2.89. The van der Waals surface area contributed by atoms with E-state index in [0.29, 0.717) is 33.3 Å². The number of amides is 2. The normalized spacial score (nSPS) is 13.0. The zero-order valence-electron chi connectivity index (χ0n) is 13.6. The number of aromatic nitrogens is 1. The van der Waals surface area contributed by atoms with Gasteiger partial charge in [0, 0.05) is 11.2 Å². The van der Waals surface area contributed by atoms with Crippen molar-refractivity contribution in [1.82, 2.24) is 9.88 Å². The van der Waals surface area contributed by atoms with E-state index in [9.17, 15) is 9.59 Å². The Labute approximate surface area is 154 Å². The maximum absolute atomic E-state index is 12.7. The van der Waals surface area contributed by atoms with E-state index in [-0.39, 0.29) is 18.4 Å². The molecule has 6 heteroatoms. The number of nitrogens with zero attached hydrogens (tertiary/aromatic N) is 2. The first-order valence-corrected chi connectivity index (χ1v) is 8.33. The third-order valence-electron chi connectivity index (χ3n) is 4.04. The number of pyridine rings is 1. The molecule has 0 radical (unpaired) electrons. The highest BCUT2D eigenvalue weighted by molar-refractivity contribution is 6.30. The fraction of sp³-hybridized carbons (Fsp3) is 0.0500. The van der Waals surface area contributed by atoms with Gasteiger partial charge in [-0.25, -0.2) is 0 Å². The summed E-state index contributed by atoms with van der Waals surface area (Å²) in [5.41, 5.74) is 1.35. The van der Waals surface area contributed by atoms with E-state index in [2.05, 4.69) is 4.98 Å². The monoisotopic (exact) mass is 364 g/mol. The molecule has 0 fully saturated rings. The molecule has 1 aliphatic rings. The topological polar surface area (TPSA) is 59.5 Å². The van der Waals surface area contributed by atoms with E-state index in [1.54, 1.807) is 60.8 Å². The molecule has 26 heavy (non-hydrogen) atoms. The van der Waals surface area contributed by atoms with E-state index in [0.717, 1.165) is 0 Å². The smallest absolute Gasteiger partial charge is 0.262 e. The summed E-state index contributed by atoms with van der Waals surface area (Å²) in [6.07, 6.45) is 1.63. The number of imide groups is 1. The predicted molar refractivity (Wildman–Crippen MR) is 96.4 cm³/mol. The molecule has 0 unspecified atom stereocenters. The predicted octanol–water partition coefficient (Wildman–Crippen LogP) is 4.32. The maximum Gasteiger partial charge on any atom is 0.262 e. The van der Waals surface area contributed by atoms with Crippen LogP contribution >= 0.6 is 11.6 Å². The second kappa shape index (κ2) is 6.61. The molecule has 128 valence electrons. The second-order valence-corrected chi connectivity index (χ2v) is 6.22. The van der Waals surface area contributed by atoms with Crippen molar-refractivity contribution in [2.45, 2.75) is 6.54 Å². The van der Waals surface area contributed by atoms with Crippen molar-refractivity contribution < 1.29 is 14.3 Å². The maximum atomic E-state index is 12.7. The molecule has 0 N–H and O–H groups in total. The van der Waals surface area contributed by atoms with Crippen LogP contribution in [0.25, 0.3) is 0 Å². The summed E-state index contributed by atoms with van der Waals surface area (Å²) >= 11 is 5.86. The molecule has 2 heterocycles. The first-order chi connectivity index (χ1) is 12.6. The second-order valence-electron chi connectivity index (χ2n) is 5.78. The fourth-order valence-corrected chi connectivity index (χ4v) is 2.90. The van der Waals surface area contributed by atoms with Gasteiger partial charge in [0.05, 0.1) is 23.4 Å². The molecule has 1 aliphatic heterocycles. The number of benzene rings is 2. The van der Waals surface area contributed by atoms with Crippen LogP contribution in [0.1, 0.15) is 26.4 Å². The molecule has 5 nitrogen and oxygen atoms in total. The molecule has 0 saturated heterocycles. The number of rotatable bonds is 4. The Morgan fingerprint density at radius 3 is 2.35 bits per heavy atom. The summed E-state index contributed by atoms with van der Waals surface area (Å²) in [5, 5.41) is 0.609. The van der Waals surface area contributed by atoms with Gasteiger partial charge in [-0.3, -0.25) is 19.5 Å². The number of carbonyl (C=O) groups is 2. The highest BCUT2D eigenvalue weighted by Gasteiger charge is 2.36. The van der Waals surface area contributed by atoms with Crippen LogP contribution in [0, 0.1) is 0 Å². The molecule has 0 spiro atoms. The van der Waals surface area contributed by atoms with Gasteiger partial charge >= 0.3 is 0 Å². The lowest BCUT2D eigenvalue weighted by Gasteiger charge is -2.12. The molecular weight excluding hydrogens is 352 g/mol. The van der Waals surface area contributed by atoms with Gasteiger partial charge in [-0.05, 0) is 54.6 Å². The molecule has 0 aliphatic carbocycles. The molecule has 0 atom stereocenters. The Bertz CT molecular complexity index is 988. The van der Waals surface area contributed by atoms with Crippen molar-refractivity contribution in [1.29, 1.82) is 0 Å². The van der Waals surface area contributed by atoms with E-state index in [4.69, 9.17) is 16.3 Å². The summed E-state index contributed by atoms with van der Waals surface area (Å²) in [7, 11) is 0. The van der Waals surface area contributed by atoms with Gasteiger partial charge in [0.2, 0.25) is 0 Å². The Hall–Kier alpha value is -3.18. The van der Waals surface area contributed by atoms with E-state index in [1.807, 2.05) is 6.07 Å². The third kappa shape index (κ3) is 3.05. The van der Waals surface area contributed by atoms with Gasteiger partial charge in [0.15, 0.2) is 0 Å². The van der Waals surface area contributed by atoms with Crippen LogP contribution in [-0.4, -0.2) is 21.7 Å². The first-order valence-electron chi connectivity index (χ1n) is 7.95. The Kier molecular flexibility index (Phi) is 4.14. The van der Waals surface area contributed by atoms with Crippen molar-refractivity contribution in [3.05, 3.63) is 88.7 Å². The average molecular weight is 365 g/mol. The number of halogens is 1. The molecule has 1 aromatic heterocycles. The minimum absolute atomic E-state index is 0.139. The number of hydrogen-bond donors (Lipinski definition) is 0. The minimum Gasteiger partial charge on any atom is -0.457 e. The fourth-order valence-electron chi connectivity index (χ4n) is 2.77. The van der Waals surface area contributed by atoms with Crippen molar-refractivity contribution in [3.8, 4) is 11.5 Å². The largest absolute Gasteiger partial charge is 0.457 e. The third-order valence-corrected chi connectivity index (χ3v) is 4.29. The van der Waals surface area contributed by atoms with Crippen LogP contribution in [-0.2, 0) is 6.54 Å². The number of fused-ring (bicyclic) bond motifs is 1. The Morgan fingerprint density at radius 2 is 1.62 bits per heavy atom. The lowest BCUT2D eigenvalue weighted by atomic mass is 10.1. The van der Waals surface area contributed by atoms with Gasteiger partial charge in [-0.2, -0.15) is 0 Å². The highest BCUT2D eigenvalue weighted by atomic mass is 35.5. The van der Waals surface area contributed by atoms with Gasteiger partial charge in [0.25, 0.3) is 11.8 Å². The summed E-state index contributed by atoms with van der Waals surface area (Å²) in [6.45, 7) is 0.139. The molecule has 0 bridgehead atoms. The molecule has 2 amide bonds. The van der Waals surface area contributed by atoms with Crippen molar-refractivity contribution >= 4 is 23.4 Å². The van der Waals surface area contributed by atoms with Gasteiger partial charge in [-0.15, -0.1) is 0 Å². The highest BCUT2D eigenvalue weighted by Crippen LogP contribution is 2.30. The number of carbonyl (C=O) groups excluding carboxylic acids is 2. The summed E-state index contributed by atoms with van der Waals surface area (Å²) in [6, 6.07) is 17.1. The molecular formula is C20H13ClN2O3. The SMILES string of the molecule is O=C1c2ccc(Oc3ccc(Cl)cc3)cc2C(=O)N1Cc1ccccn1. The quantitative estimate of drug-likeness (QED) is 0.647. The van der Waals surface area contributed by atoms with Crippen molar-refractivity contribution in [3.63, 3.8) is 0 Å². The van der Waals surface area contributed by atoms with Crippen molar-refractivity contribution in [2.24, 2.45) is 0 Å². The van der Waals surface area contributed by atoms with Crippen LogP contribution in [0.2, 0.25) is 5.02 Å². The molecule has 2 aromatic carbocycles. The Morgan fingerprint density at radius 1 is 0.885 bits per heavy atom. The first kappa shape index (κ1) is 16.3. The minimum atomic E-state index is -0.350. The Balaban J connectivity index is 1.58. The van der Waals surface area contributed by atoms with E-state index < -0.39 is 0 Å². The van der Waals surface area contributed by atoms with Crippen LogP contribution in [0.15, 0.2) is 66.9 Å². The van der Waals surface area contributed by atoms with Gasteiger partial charge in [0.1, 0.15) is 11.5 Å². The summed E-state index contributed by atoms with van der Waals surface area (Å²) in [4.78, 5) is 30.6. The van der Waals surface area contributed by atoms with Crippen LogP contribution in [0.4, 0.5) is 0 Å². The zero-order chi connectivity index (χ0) is 18.1. The van der Waals surface area contributed by atoms with E-state index >= 15 is 0 Å². The molecule has 4 rings (SSSR count). The van der Waals surface area contributed by atoms with E-state index in [1.165, 1.54) is 4.90 Å². The van der Waals surface area contributed by atoms with Crippen molar-refractivity contribution in [2.75, 3.05) is 0 Å². The van der Waals surface area contributed by atoms with Gasteiger partial charge in [-0.1, -0.05) is 17.7 Å². The van der Waals surface area contributed by atoms with Crippen LogP contribution < -0.4 is 4.74 Å². The standard InChI is InChI=1S/C20H13ClN2O3/c21-13-4-6-15(7-5-13)26-16-8-9-17-18(11-16)20(25)23(19(17)24)12-14-3-1-2-10-22-14/h1-11H,12H2. The van der Waals surface area contributed by atoms with Gasteiger partial charge < -0.3 is 4.74 Å². The number of ether oxygens (including phenoxy) is 1. The van der Waals surface area contributed by atoms with Crippen LogP contribution in [0.3, 0.4) is 0 Å². The summed E-state index contributed by atoms with van der Waals surface area (Å²) < 4.78 is 5.74. The molecule has 3 aromatic rings. The lowest BCUT2D eigenvalue weighted by molar-refractivity contribution is 0.0640. The summed E-state index contributed by atoms with van der Waals surface area (Å²) in [5.74, 6) is 0.397. The van der Waals surface area contributed by atoms with Crippen LogP contribution in [0.5, 0.6) is 11.5 Å². The molecule has 0 saturated carbocycles. The number of hydrogen-bond acceptors (Lipinski definition) is 4.